The molecule has 8 heteroatoms. The Morgan fingerprint density at radius 3 is 2.57 bits per heavy atom. The van der Waals surface area contributed by atoms with Gasteiger partial charge in [0.15, 0.2) is 5.96 Å². The predicted octanol–water partition coefficient (Wildman–Crippen LogP) is 3.47. The van der Waals surface area contributed by atoms with E-state index >= 15 is 0 Å². The molecule has 0 aliphatic carbocycles. The van der Waals surface area contributed by atoms with E-state index < -0.39 is 0 Å². The third kappa shape index (κ3) is 8.64. The quantitative estimate of drug-likeness (QED) is 0.280. The minimum absolute atomic E-state index is 0. The lowest BCUT2D eigenvalue weighted by atomic mass is 10.2. The summed E-state index contributed by atoms with van der Waals surface area (Å²) in [6, 6.07) is 12.0. The third-order valence-corrected chi connectivity index (χ3v) is 4.83. The highest BCUT2D eigenvalue weighted by Crippen LogP contribution is 2.17. The zero-order valence-electron chi connectivity index (χ0n) is 16.4. The molecule has 2 aromatic rings. The fraction of sp³-hybridized carbons (Fsp3) is 0.400. The van der Waals surface area contributed by atoms with E-state index in [0.717, 1.165) is 35.6 Å². The van der Waals surface area contributed by atoms with Crippen LogP contribution in [0, 0.1) is 0 Å². The van der Waals surface area contributed by atoms with Crippen molar-refractivity contribution in [2.75, 3.05) is 26.7 Å². The van der Waals surface area contributed by atoms with Crippen molar-refractivity contribution in [2.24, 2.45) is 4.99 Å². The van der Waals surface area contributed by atoms with E-state index in [1.165, 1.54) is 0 Å². The molecule has 0 aliphatic rings. The molecule has 0 radical (unpaired) electrons. The lowest BCUT2D eigenvalue weighted by Crippen LogP contribution is -2.39. The lowest BCUT2D eigenvalue weighted by molar-refractivity contribution is -0.130. The van der Waals surface area contributed by atoms with Gasteiger partial charge in [0.2, 0.25) is 5.91 Å². The molecule has 0 fully saturated rings. The average molecular weight is 562 g/mol. The number of nitrogens with one attached hydrogen (secondary N) is 2. The number of amides is 1. The molecule has 0 saturated heterocycles. The van der Waals surface area contributed by atoms with E-state index in [9.17, 15) is 4.79 Å². The Kier molecular flexibility index (Phi) is 11.9. The summed E-state index contributed by atoms with van der Waals surface area (Å²) in [5.41, 5.74) is 1.09. The maximum atomic E-state index is 12.4. The maximum absolute atomic E-state index is 12.4. The molecular formula is C20H29BrIN5O. The van der Waals surface area contributed by atoms with Crippen molar-refractivity contribution >= 4 is 51.8 Å². The van der Waals surface area contributed by atoms with Crippen molar-refractivity contribution in [2.45, 2.75) is 26.4 Å². The fourth-order valence-electron chi connectivity index (χ4n) is 2.59. The van der Waals surface area contributed by atoms with Gasteiger partial charge in [-0.3, -0.25) is 9.79 Å². The second-order valence-corrected chi connectivity index (χ2v) is 7.05. The molecule has 0 atom stereocenters. The van der Waals surface area contributed by atoms with Gasteiger partial charge in [0, 0.05) is 56.5 Å². The number of aromatic nitrogens is 1. The van der Waals surface area contributed by atoms with E-state index in [-0.39, 0.29) is 29.9 Å². The Balaban J connectivity index is 0.00000392. The van der Waals surface area contributed by atoms with Gasteiger partial charge in [0.25, 0.3) is 0 Å². The molecule has 1 aromatic heterocycles. The Labute approximate surface area is 192 Å². The standard InChI is InChI=1S/C20H28BrN5O.HI/c1-3-22-20(24-12-15-26-13-6-7-14-26)23-11-10-19(27)25(2)16-17-8-4-5-9-18(17)21;/h4-9,13-14H,3,10-12,15-16H2,1-2H3,(H2,22,23,24);1H. The minimum Gasteiger partial charge on any atom is -0.357 e. The fourth-order valence-corrected chi connectivity index (χ4v) is 3.00. The molecule has 6 nitrogen and oxygen atoms in total. The number of halogens is 2. The van der Waals surface area contributed by atoms with Crippen LogP contribution < -0.4 is 10.6 Å². The third-order valence-electron chi connectivity index (χ3n) is 4.06. The zero-order chi connectivity index (χ0) is 19.5. The van der Waals surface area contributed by atoms with Crippen LogP contribution >= 0.6 is 39.9 Å². The van der Waals surface area contributed by atoms with E-state index in [0.29, 0.717) is 19.5 Å². The molecule has 0 spiro atoms. The predicted molar refractivity (Wildman–Crippen MR) is 129 cm³/mol. The van der Waals surface area contributed by atoms with Gasteiger partial charge in [-0.25, -0.2) is 0 Å². The van der Waals surface area contributed by atoms with Gasteiger partial charge in [0.1, 0.15) is 0 Å². The number of rotatable bonds is 9. The number of hydrogen-bond acceptors (Lipinski definition) is 2. The Morgan fingerprint density at radius 1 is 1.18 bits per heavy atom. The van der Waals surface area contributed by atoms with Gasteiger partial charge in [0.05, 0.1) is 6.54 Å². The van der Waals surface area contributed by atoms with Crippen LogP contribution in [-0.2, 0) is 17.9 Å². The topological polar surface area (TPSA) is 61.7 Å². The normalized spacial score (nSPS) is 10.9. The van der Waals surface area contributed by atoms with Crippen LogP contribution in [0.4, 0.5) is 0 Å². The van der Waals surface area contributed by atoms with Gasteiger partial charge >= 0.3 is 0 Å². The van der Waals surface area contributed by atoms with Crippen LogP contribution in [0.15, 0.2) is 58.3 Å². The highest BCUT2D eigenvalue weighted by atomic mass is 127. The SMILES string of the molecule is CCNC(=NCCC(=O)N(C)Cc1ccccc1Br)NCCn1cccc1.I. The summed E-state index contributed by atoms with van der Waals surface area (Å²) in [5, 5.41) is 6.51. The molecule has 1 heterocycles. The van der Waals surface area contributed by atoms with Crippen molar-refractivity contribution in [1.29, 1.82) is 0 Å². The number of guanidine groups is 1. The molecule has 0 aliphatic heterocycles. The number of hydrogen-bond donors (Lipinski definition) is 2. The summed E-state index contributed by atoms with van der Waals surface area (Å²) in [6.45, 7) is 5.49. The Bertz CT molecular complexity index is 736. The van der Waals surface area contributed by atoms with E-state index in [2.05, 4.69) is 36.1 Å². The van der Waals surface area contributed by atoms with Crippen LogP contribution in [0.5, 0.6) is 0 Å². The molecule has 0 bridgehead atoms. The number of benzene rings is 1. The second-order valence-electron chi connectivity index (χ2n) is 6.20. The average Bonchev–Trinajstić information content (AvgIpc) is 3.17. The van der Waals surface area contributed by atoms with Gasteiger partial charge in [-0.15, -0.1) is 24.0 Å². The highest BCUT2D eigenvalue weighted by Gasteiger charge is 2.10. The van der Waals surface area contributed by atoms with Crippen molar-refractivity contribution in [3.05, 3.63) is 58.8 Å². The van der Waals surface area contributed by atoms with E-state index in [4.69, 9.17) is 0 Å². The Hall–Kier alpha value is -1.55. The number of carbonyl (C=O) groups is 1. The summed E-state index contributed by atoms with van der Waals surface area (Å²) in [5.74, 6) is 0.823. The highest BCUT2D eigenvalue weighted by molar-refractivity contribution is 14.0. The lowest BCUT2D eigenvalue weighted by Gasteiger charge is -2.18. The largest absolute Gasteiger partial charge is 0.357 e. The number of aliphatic imine (C=N–C) groups is 1. The maximum Gasteiger partial charge on any atom is 0.224 e. The first kappa shape index (κ1) is 24.5. The summed E-state index contributed by atoms with van der Waals surface area (Å²) in [6.07, 6.45) is 4.45. The number of carbonyl (C=O) groups excluding carboxylic acids is 1. The minimum atomic E-state index is 0. The second kappa shape index (κ2) is 13.6. The zero-order valence-corrected chi connectivity index (χ0v) is 20.3. The molecule has 0 saturated carbocycles. The smallest absolute Gasteiger partial charge is 0.224 e. The van der Waals surface area contributed by atoms with Crippen molar-refractivity contribution < 1.29 is 4.79 Å². The van der Waals surface area contributed by atoms with Gasteiger partial charge in [-0.2, -0.15) is 0 Å². The molecule has 2 N–H and O–H groups in total. The van der Waals surface area contributed by atoms with Crippen molar-refractivity contribution in [3.63, 3.8) is 0 Å². The first-order valence-electron chi connectivity index (χ1n) is 9.20. The first-order chi connectivity index (χ1) is 13.1. The molecule has 28 heavy (non-hydrogen) atoms. The van der Waals surface area contributed by atoms with Crippen LogP contribution in [0.25, 0.3) is 0 Å². The monoisotopic (exact) mass is 561 g/mol. The van der Waals surface area contributed by atoms with Crippen LogP contribution in [0.1, 0.15) is 18.9 Å². The van der Waals surface area contributed by atoms with Gasteiger partial charge in [-0.1, -0.05) is 34.1 Å². The van der Waals surface area contributed by atoms with Crippen LogP contribution in [0.3, 0.4) is 0 Å². The first-order valence-corrected chi connectivity index (χ1v) is 9.99. The van der Waals surface area contributed by atoms with Gasteiger partial charge in [-0.05, 0) is 30.7 Å². The van der Waals surface area contributed by atoms with Crippen molar-refractivity contribution in [1.82, 2.24) is 20.1 Å². The van der Waals surface area contributed by atoms with Crippen molar-refractivity contribution in [3.8, 4) is 0 Å². The van der Waals surface area contributed by atoms with Gasteiger partial charge < -0.3 is 20.1 Å². The molecule has 1 amide bonds. The molecule has 2 rings (SSSR count). The number of nitrogens with zero attached hydrogens (tertiary/aromatic N) is 3. The van der Waals surface area contributed by atoms with E-state index in [1.807, 2.05) is 62.8 Å². The Morgan fingerprint density at radius 2 is 1.89 bits per heavy atom. The van der Waals surface area contributed by atoms with Crippen LogP contribution in [-0.4, -0.2) is 48.0 Å². The summed E-state index contributed by atoms with van der Waals surface area (Å²) in [4.78, 5) is 18.6. The summed E-state index contributed by atoms with van der Waals surface area (Å²) >= 11 is 3.52. The molecule has 1 aromatic carbocycles. The molecule has 154 valence electrons. The summed E-state index contributed by atoms with van der Waals surface area (Å²) < 4.78 is 3.13. The molecular weight excluding hydrogens is 533 g/mol. The van der Waals surface area contributed by atoms with Crippen LogP contribution in [0.2, 0.25) is 0 Å². The molecule has 0 unspecified atom stereocenters. The summed E-state index contributed by atoms with van der Waals surface area (Å²) in [7, 11) is 1.83. The van der Waals surface area contributed by atoms with E-state index in [1.54, 1.807) is 4.90 Å².